The van der Waals surface area contributed by atoms with Gasteiger partial charge in [-0.2, -0.15) is 0 Å². The summed E-state index contributed by atoms with van der Waals surface area (Å²) in [6, 6.07) is 0. The highest BCUT2D eigenvalue weighted by molar-refractivity contribution is 6.25. The van der Waals surface area contributed by atoms with E-state index in [0.29, 0.717) is 6.44 Å². The number of nitrogens with zero attached hydrogens (tertiary/aromatic N) is 1. The van der Waals surface area contributed by atoms with E-state index in [4.69, 9.17) is 9.76 Å². The average molecular weight is 128 g/mol. The summed E-state index contributed by atoms with van der Waals surface area (Å²) in [7, 11) is 1.19. The van der Waals surface area contributed by atoms with Crippen LogP contribution in [-0.2, 0) is 4.74 Å². The fraction of sp³-hybridized carbons (Fsp3) is 1.00. The van der Waals surface area contributed by atoms with Crippen molar-refractivity contribution in [3.8, 4) is 0 Å². The lowest BCUT2D eigenvalue weighted by atomic mass is 10.0. The van der Waals surface area contributed by atoms with Crippen molar-refractivity contribution in [1.29, 1.82) is 0 Å². The van der Waals surface area contributed by atoms with Crippen LogP contribution in [0.2, 0.25) is 0 Å². The van der Waals surface area contributed by atoms with Crippen molar-refractivity contribution < 1.29 is 9.76 Å². The minimum absolute atomic E-state index is 0.670. The number of hydrogen-bond donors (Lipinski definition) is 1. The minimum Gasteiger partial charge on any atom is -0.453 e. The van der Waals surface area contributed by atoms with E-state index in [2.05, 4.69) is 4.90 Å². The average Bonchev–Trinajstić information content (AvgIpc) is 1.91. The molecule has 0 aromatic heterocycles. The van der Waals surface area contributed by atoms with Crippen LogP contribution in [0.1, 0.15) is 0 Å². The second-order valence-electron chi connectivity index (χ2n) is 2.10. The van der Waals surface area contributed by atoms with Gasteiger partial charge in [0.25, 0.3) is 0 Å². The molecule has 1 saturated heterocycles. The van der Waals surface area contributed by atoms with Crippen LogP contribution in [0.5, 0.6) is 0 Å². The molecule has 1 aliphatic heterocycles. The molecule has 1 N–H and O–H groups in total. The molecule has 0 saturated carbocycles. The van der Waals surface area contributed by atoms with Gasteiger partial charge in [0.05, 0.1) is 13.2 Å². The molecule has 0 amide bonds. The van der Waals surface area contributed by atoms with Crippen LogP contribution in [0.15, 0.2) is 0 Å². The summed E-state index contributed by atoms with van der Waals surface area (Å²) in [6.45, 7) is 3.48. The molecule has 0 aromatic rings. The lowest BCUT2D eigenvalue weighted by Crippen LogP contribution is -2.38. The van der Waals surface area contributed by atoms with Gasteiger partial charge in [0.1, 0.15) is 0 Å². The van der Waals surface area contributed by atoms with Crippen LogP contribution in [0, 0.1) is 0 Å². The number of morpholine rings is 1. The maximum Gasteiger partial charge on any atom is 0.302 e. The van der Waals surface area contributed by atoms with Gasteiger partial charge in [-0.3, -0.25) is 0 Å². The molecule has 0 aliphatic carbocycles. The predicted molar refractivity (Wildman–Crippen MR) is 35.2 cm³/mol. The Labute approximate surface area is 55.9 Å². The Hall–Kier alpha value is -0.0551. The normalized spacial score (nSPS) is 21.9. The van der Waals surface area contributed by atoms with E-state index < -0.39 is 0 Å². The fourth-order valence-electron chi connectivity index (χ4n) is 0.899. The summed E-state index contributed by atoms with van der Waals surface area (Å²) in [5.74, 6) is 0. The van der Waals surface area contributed by atoms with Gasteiger partial charge in [-0.15, -0.1) is 0 Å². The Morgan fingerprint density at radius 3 is 2.67 bits per heavy atom. The Morgan fingerprint density at radius 2 is 2.11 bits per heavy atom. The van der Waals surface area contributed by atoms with Crippen molar-refractivity contribution in [2.24, 2.45) is 0 Å². The van der Waals surface area contributed by atoms with Crippen molar-refractivity contribution in [2.45, 2.75) is 0 Å². The quantitative estimate of drug-likeness (QED) is 0.478. The first kappa shape index (κ1) is 7.06. The molecule has 9 heavy (non-hydrogen) atoms. The molecule has 4 heteroatoms. The summed E-state index contributed by atoms with van der Waals surface area (Å²) < 4.78 is 5.11. The van der Waals surface area contributed by atoms with E-state index in [1.54, 1.807) is 0 Å². The van der Waals surface area contributed by atoms with Gasteiger partial charge in [0, 0.05) is 19.5 Å². The zero-order valence-electron chi connectivity index (χ0n) is 5.42. The third-order valence-corrected chi connectivity index (χ3v) is 1.44. The SMILES string of the molecule is O[B]CN1CCOCC1. The summed E-state index contributed by atoms with van der Waals surface area (Å²) >= 11 is 0. The summed E-state index contributed by atoms with van der Waals surface area (Å²) in [6.07, 6.45) is 0.670. The third kappa shape index (κ3) is 2.34. The molecule has 1 heterocycles. The van der Waals surface area contributed by atoms with E-state index >= 15 is 0 Å². The van der Waals surface area contributed by atoms with Crippen molar-refractivity contribution in [3.63, 3.8) is 0 Å². The van der Waals surface area contributed by atoms with Gasteiger partial charge in [-0.05, 0) is 0 Å². The summed E-state index contributed by atoms with van der Waals surface area (Å²) in [5, 5.41) is 8.41. The first-order valence-electron chi connectivity index (χ1n) is 3.19. The Morgan fingerprint density at radius 1 is 1.44 bits per heavy atom. The molecule has 51 valence electrons. The maximum atomic E-state index is 8.41. The molecule has 1 fully saturated rings. The van der Waals surface area contributed by atoms with Crippen LogP contribution >= 0.6 is 0 Å². The lowest BCUT2D eigenvalue weighted by molar-refractivity contribution is 0.0454. The second kappa shape index (κ2) is 3.87. The van der Waals surface area contributed by atoms with Crippen molar-refractivity contribution in [2.75, 3.05) is 32.7 Å². The zero-order valence-corrected chi connectivity index (χ0v) is 5.42. The smallest absolute Gasteiger partial charge is 0.302 e. The van der Waals surface area contributed by atoms with E-state index in [1.165, 1.54) is 7.48 Å². The van der Waals surface area contributed by atoms with Crippen molar-refractivity contribution in [3.05, 3.63) is 0 Å². The number of hydrogen-bond acceptors (Lipinski definition) is 3. The Kier molecular flexibility index (Phi) is 3.04. The second-order valence-corrected chi connectivity index (χ2v) is 2.10. The van der Waals surface area contributed by atoms with Crippen LogP contribution < -0.4 is 0 Å². The Balaban J connectivity index is 2.08. The predicted octanol–water partition coefficient (Wildman–Crippen LogP) is -1.11. The molecule has 0 bridgehead atoms. The molecule has 0 aromatic carbocycles. The molecule has 1 radical (unpaired) electrons. The summed E-state index contributed by atoms with van der Waals surface area (Å²) in [4.78, 5) is 2.14. The van der Waals surface area contributed by atoms with E-state index in [9.17, 15) is 0 Å². The number of ether oxygens (including phenoxy) is 1. The highest BCUT2D eigenvalue weighted by Gasteiger charge is 2.08. The first-order chi connectivity index (χ1) is 4.43. The summed E-state index contributed by atoms with van der Waals surface area (Å²) in [5.41, 5.74) is 0. The Bertz CT molecular complexity index is 72.6. The molecular formula is C5H11BNO2. The highest BCUT2D eigenvalue weighted by Crippen LogP contribution is 1.93. The molecule has 1 rings (SSSR count). The van der Waals surface area contributed by atoms with Crippen LogP contribution in [0.4, 0.5) is 0 Å². The monoisotopic (exact) mass is 128 g/mol. The first-order valence-corrected chi connectivity index (χ1v) is 3.19. The molecule has 0 atom stereocenters. The van der Waals surface area contributed by atoms with Gasteiger partial charge in [0.15, 0.2) is 0 Å². The van der Waals surface area contributed by atoms with Gasteiger partial charge in [0.2, 0.25) is 0 Å². The third-order valence-electron chi connectivity index (χ3n) is 1.44. The number of rotatable bonds is 2. The standard InChI is InChI=1S/C5H11BNO2/c8-6-5-7-1-3-9-4-2-7/h8H,1-5H2. The van der Waals surface area contributed by atoms with Crippen LogP contribution in [0.25, 0.3) is 0 Å². The zero-order chi connectivity index (χ0) is 6.53. The molecule has 0 spiro atoms. The van der Waals surface area contributed by atoms with Gasteiger partial charge in [-0.1, -0.05) is 0 Å². The fourth-order valence-corrected chi connectivity index (χ4v) is 0.899. The van der Waals surface area contributed by atoms with Crippen molar-refractivity contribution >= 4 is 7.48 Å². The van der Waals surface area contributed by atoms with Gasteiger partial charge >= 0.3 is 7.48 Å². The van der Waals surface area contributed by atoms with E-state index in [1.807, 2.05) is 0 Å². The van der Waals surface area contributed by atoms with Gasteiger partial charge < -0.3 is 14.7 Å². The maximum absolute atomic E-state index is 8.41. The largest absolute Gasteiger partial charge is 0.453 e. The lowest BCUT2D eigenvalue weighted by Gasteiger charge is -2.25. The van der Waals surface area contributed by atoms with E-state index in [0.717, 1.165) is 26.3 Å². The highest BCUT2D eigenvalue weighted by atomic mass is 16.5. The molecule has 0 unspecified atom stereocenters. The minimum atomic E-state index is 0.670. The topological polar surface area (TPSA) is 32.7 Å². The molecule has 3 nitrogen and oxygen atoms in total. The van der Waals surface area contributed by atoms with Crippen molar-refractivity contribution in [1.82, 2.24) is 4.90 Å². The van der Waals surface area contributed by atoms with E-state index in [-0.39, 0.29) is 0 Å². The molecular weight excluding hydrogens is 117 g/mol. The van der Waals surface area contributed by atoms with Gasteiger partial charge in [-0.25, -0.2) is 0 Å². The van der Waals surface area contributed by atoms with Crippen LogP contribution in [-0.4, -0.2) is 50.2 Å². The molecule has 1 aliphatic rings. The van der Waals surface area contributed by atoms with Crippen LogP contribution in [0.3, 0.4) is 0 Å².